The Morgan fingerprint density at radius 3 is 2.36 bits per heavy atom. The first-order valence-electron chi connectivity index (χ1n) is 9.85. The van der Waals surface area contributed by atoms with E-state index in [9.17, 15) is 0 Å². The van der Waals surface area contributed by atoms with Gasteiger partial charge < -0.3 is 0 Å². The molecule has 0 unspecified atom stereocenters. The Labute approximate surface area is 175 Å². The number of fused-ring (bicyclic) bond motifs is 3. The second-order valence-electron chi connectivity index (χ2n) is 7.13. The fourth-order valence-electron chi connectivity index (χ4n) is 3.85. The summed E-state index contributed by atoms with van der Waals surface area (Å²) >= 11 is -0.493. The zero-order valence-electron chi connectivity index (χ0n) is 15.9. The van der Waals surface area contributed by atoms with Crippen molar-refractivity contribution in [1.29, 1.82) is 0 Å². The quantitative estimate of drug-likeness (QED) is 0.311. The Bertz CT molecular complexity index is 1110. The van der Waals surface area contributed by atoms with E-state index in [2.05, 4.69) is 73.7 Å². The Morgan fingerprint density at radius 2 is 1.57 bits per heavy atom. The first kappa shape index (κ1) is 17.9. The zero-order chi connectivity index (χ0) is 18.9. The van der Waals surface area contributed by atoms with E-state index in [0.29, 0.717) is 6.79 Å². The summed E-state index contributed by atoms with van der Waals surface area (Å²) in [4.78, 5) is 0. The summed E-state index contributed by atoms with van der Waals surface area (Å²) in [7, 11) is 0. The summed E-state index contributed by atoms with van der Waals surface area (Å²) in [5.74, 6) is 1.92. The third-order valence-corrected chi connectivity index (χ3v) is 9.03. The van der Waals surface area contributed by atoms with Crippen molar-refractivity contribution in [3.8, 4) is 31.8 Å². The van der Waals surface area contributed by atoms with Crippen molar-refractivity contribution < 1.29 is 9.47 Å². The standard InChI is InChI=1S/C25H22O2Te/c1-2-3-9-20-21-14-15-22-23(27-16-26-22)25(21)28-24(20)19-12-10-18(11-13-19)17-7-5-4-6-8-17/h4-8,10-15H,2-3,9,16H2,1H3. The Kier molecular flexibility index (Phi) is 4.89. The average molecular weight is 482 g/mol. The minimum atomic E-state index is -0.493. The molecule has 1 aliphatic heterocycles. The van der Waals surface area contributed by atoms with Crippen LogP contribution in [-0.4, -0.2) is 27.2 Å². The number of benzene rings is 3. The molecule has 2 heterocycles. The van der Waals surface area contributed by atoms with Gasteiger partial charge in [-0.1, -0.05) is 0 Å². The zero-order valence-corrected chi connectivity index (χ0v) is 18.2. The van der Waals surface area contributed by atoms with Gasteiger partial charge in [0.05, 0.1) is 0 Å². The summed E-state index contributed by atoms with van der Waals surface area (Å²) in [6.07, 6.45) is 3.58. The van der Waals surface area contributed by atoms with Gasteiger partial charge in [0.2, 0.25) is 0 Å². The maximum absolute atomic E-state index is 5.84. The number of hydrogen-bond donors (Lipinski definition) is 0. The van der Waals surface area contributed by atoms with E-state index in [1.54, 1.807) is 3.58 Å². The van der Waals surface area contributed by atoms with Gasteiger partial charge in [-0.15, -0.1) is 0 Å². The molecule has 1 aromatic heterocycles. The molecule has 3 aromatic carbocycles. The van der Waals surface area contributed by atoms with Crippen LogP contribution in [0.2, 0.25) is 0 Å². The van der Waals surface area contributed by atoms with E-state index in [1.807, 2.05) is 0 Å². The fourth-order valence-corrected chi connectivity index (χ4v) is 7.69. The molecule has 0 radical (unpaired) electrons. The SMILES string of the molecule is CCCCc1c(-c2ccc(-c3ccccc3)cc2)[te]c2c3c(ccc12)OCO3. The summed E-state index contributed by atoms with van der Waals surface area (Å²) in [5, 5.41) is 1.40. The van der Waals surface area contributed by atoms with Crippen LogP contribution in [0.25, 0.3) is 29.1 Å². The van der Waals surface area contributed by atoms with Gasteiger partial charge in [0.1, 0.15) is 0 Å². The molecule has 4 aromatic rings. The molecular formula is C25H22O2Te. The molecule has 0 amide bonds. The number of hydrogen-bond acceptors (Lipinski definition) is 2. The molecule has 5 rings (SSSR count). The summed E-state index contributed by atoms with van der Waals surface area (Å²) in [6.45, 7) is 2.62. The van der Waals surface area contributed by atoms with Gasteiger partial charge in [-0.05, 0) is 0 Å². The molecule has 0 N–H and O–H groups in total. The van der Waals surface area contributed by atoms with Crippen LogP contribution in [0.4, 0.5) is 0 Å². The molecule has 140 valence electrons. The van der Waals surface area contributed by atoms with Gasteiger partial charge in [-0.25, -0.2) is 0 Å². The molecule has 3 heteroatoms. The number of rotatable bonds is 5. The molecule has 28 heavy (non-hydrogen) atoms. The number of unbranched alkanes of at least 4 members (excludes halogenated alkanes) is 1. The van der Waals surface area contributed by atoms with Crippen molar-refractivity contribution in [3.63, 3.8) is 0 Å². The molecule has 0 atom stereocenters. The molecule has 0 fully saturated rings. The predicted molar refractivity (Wildman–Crippen MR) is 116 cm³/mol. The molecule has 2 nitrogen and oxygen atoms in total. The average Bonchev–Trinajstić information content (AvgIpc) is 3.37. The molecule has 0 spiro atoms. The van der Waals surface area contributed by atoms with Gasteiger partial charge in [-0.2, -0.15) is 0 Å². The minimum absolute atomic E-state index is 0.351. The Balaban J connectivity index is 1.61. The second-order valence-corrected chi connectivity index (χ2v) is 10.0. The normalized spacial score (nSPS) is 12.6. The maximum atomic E-state index is 5.84. The van der Waals surface area contributed by atoms with E-state index < -0.39 is 20.4 Å². The number of aryl methyl sites for hydroxylation is 1. The fraction of sp³-hybridized carbons (Fsp3) is 0.200. The van der Waals surface area contributed by atoms with Crippen molar-refractivity contribution in [3.05, 3.63) is 72.3 Å². The third kappa shape index (κ3) is 3.13. The van der Waals surface area contributed by atoms with Crippen LogP contribution in [0.1, 0.15) is 25.3 Å². The van der Waals surface area contributed by atoms with E-state index in [1.165, 1.54) is 43.9 Å². The van der Waals surface area contributed by atoms with Gasteiger partial charge in [0, 0.05) is 0 Å². The van der Waals surface area contributed by atoms with Crippen LogP contribution < -0.4 is 9.47 Å². The molecule has 0 saturated carbocycles. The first-order valence-corrected chi connectivity index (χ1v) is 12.2. The van der Waals surface area contributed by atoms with Crippen LogP contribution in [-0.2, 0) is 6.42 Å². The van der Waals surface area contributed by atoms with Gasteiger partial charge in [0.15, 0.2) is 0 Å². The van der Waals surface area contributed by atoms with Crippen molar-refractivity contribution in [2.24, 2.45) is 0 Å². The van der Waals surface area contributed by atoms with Gasteiger partial charge in [-0.3, -0.25) is 0 Å². The van der Waals surface area contributed by atoms with Gasteiger partial charge >= 0.3 is 176 Å². The van der Waals surface area contributed by atoms with E-state index >= 15 is 0 Å². The van der Waals surface area contributed by atoms with Crippen molar-refractivity contribution in [2.45, 2.75) is 26.2 Å². The van der Waals surface area contributed by atoms with E-state index in [4.69, 9.17) is 9.47 Å². The summed E-state index contributed by atoms with van der Waals surface area (Å²) in [5.41, 5.74) is 5.44. The van der Waals surface area contributed by atoms with Gasteiger partial charge in [0.25, 0.3) is 0 Å². The van der Waals surface area contributed by atoms with Crippen LogP contribution in [0.5, 0.6) is 11.5 Å². The number of ether oxygens (including phenoxy) is 2. The Hall–Kier alpha value is -2.21. The van der Waals surface area contributed by atoms with Crippen LogP contribution in [0, 0.1) is 0 Å². The molecule has 0 saturated heterocycles. The van der Waals surface area contributed by atoms with Crippen LogP contribution >= 0.6 is 0 Å². The second kappa shape index (κ2) is 7.66. The molecule has 0 aliphatic carbocycles. The molecular weight excluding hydrogens is 460 g/mol. The van der Waals surface area contributed by atoms with Crippen molar-refractivity contribution in [1.82, 2.24) is 0 Å². The Morgan fingerprint density at radius 1 is 0.821 bits per heavy atom. The molecule has 1 aliphatic rings. The summed E-state index contributed by atoms with van der Waals surface area (Å²) in [6, 6.07) is 24.1. The van der Waals surface area contributed by atoms with Crippen LogP contribution in [0.15, 0.2) is 66.7 Å². The first-order chi connectivity index (χ1) is 13.8. The predicted octanol–water partition coefficient (Wildman–Crippen LogP) is 6.30. The summed E-state index contributed by atoms with van der Waals surface area (Å²) < 4.78 is 14.5. The third-order valence-electron chi connectivity index (χ3n) is 5.33. The van der Waals surface area contributed by atoms with Crippen molar-refractivity contribution >= 4 is 29.2 Å². The van der Waals surface area contributed by atoms with E-state index in [-0.39, 0.29) is 0 Å². The van der Waals surface area contributed by atoms with Crippen molar-refractivity contribution in [2.75, 3.05) is 6.79 Å². The van der Waals surface area contributed by atoms with Crippen LogP contribution in [0.3, 0.4) is 0 Å². The molecule has 0 bridgehead atoms. The topological polar surface area (TPSA) is 18.5 Å². The monoisotopic (exact) mass is 484 g/mol. The van der Waals surface area contributed by atoms with E-state index in [0.717, 1.165) is 17.9 Å².